The number of methoxy groups -OCH3 is 1. The molecule has 2 aliphatic carbocycles. The van der Waals surface area contributed by atoms with Crippen LogP contribution in [-0.2, 0) is 25.4 Å². The molecule has 10 nitrogen and oxygen atoms in total. The number of phenolic OH excluding ortho intramolecular Hbond substituents is 1. The van der Waals surface area contributed by atoms with Crippen LogP contribution in [0.15, 0.2) is 48.1 Å². The molecule has 2 aliphatic heterocycles. The molecule has 0 radical (unpaired) electrons. The van der Waals surface area contributed by atoms with Gasteiger partial charge in [-0.2, -0.15) is 18.2 Å². The van der Waals surface area contributed by atoms with Crippen LogP contribution in [0.1, 0.15) is 24.1 Å². The number of fused-ring (bicyclic) bond motifs is 4. The monoisotopic (exact) mass is 864 g/mol. The van der Waals surface area contributed by atoms with Gasteiger partial charge in [0.15, 0.2) is 50.3 Å². The standard InChI is InChI=1S/C36H23Cl3F8N4O6/c1-49(29-18(37)8-10-21(48-29)36(45,46)47)51-30(53)15-6-5-14-16(22(15)31(51)54)12-34(38)32(55)50(28-26(43)24(41)23(40)25(42)27(28)44)33(56)35(34,39)17(14)7-3-13-4-9-19(52)20(11-13)57-2/h3-5,7-11,15-17,22,52H,6,12H2,1-2H3/t15-,16+,17-,22-,34+,35-/m0/s1. The molecule has 4 amide bonds. The number of benzene rings is 2. The van der Waals surface area contributed by atoms with Crippen LogP contribution in [0.2, 0.25) is 5.02 Å². The number of halogens is 11. The van der Waals surface area contributed by atoms with Gasteiger partial charge >= 0.3 is 6.18 Å². The van der Waals surface area contributed by atoms with E-state index < -0.39 is 116 Å². The summed E-state index contributed by atoms with van der Waals surface area (Å²) < 4.78 is 119. The van der Waals surface area contributed by atoms with E-state index in [2.05, 4.69) is 4.98 Å². The zero-order valence-corrected chi connectivity index (χ0v) is 31.0. The van der Waals surface area contributed by atoms with Gasteiger partial charge in [0.25, 0.3) is 23.6 Å². The van der Waals surface area contributed by atoms with E-state index >= 15 is 8.78 Å². The molecule has 6 atom stereocenters. The molecular formula is C36H23Cl3F8N4O6. The van der Waals surface area contributed by atoms with E-state index in [9.17, 15) is 50.6 Å². The maximum atomic E-state index is 15.3. The SMILES string of the molecule is COc1cc(C=C[C@H]2C3=CC[C@@H]4C(=O)N(N(C)c5nc(C(F)(F)F)ccc5Cl)C(=O)[C@@H]4[C@@H]3C[C@@]3(Cl)C(=O)N(c4c(F)c(F)c(F)c(F)c4F)C(=O)[C@@]23Cl)ccc1O. The number of aromatic hydroxyl groups is 1. The molecule has 21 heteroatoms. The largest absolute Gasteiger partial charge is 0.504 e. The Bertz CT molecular complexity index is 2350. The number of hydrogen-bond donors (Lipinski definition) is 1. The van der Waals surface area contributed by atoms with Crippen molar-refractivity contribution in [1.82, 2.24) is 9.99 Å². The molecule has 4 aliphatic rings. The summed E-state index contributed by atoms with van der Waals surface area (Å²) in [5.74, 6) is -24.6. The highest BCUT2D eigenvalue weighted by molar-refractivity contribution is 6.58. The lowest BCUT2D eigenvalue weighted by atomic mass is 9.57. The Morgan fingerprint density at radius 2 is 1.56 bits per heavy atom. The normalized spacial score (nSPS) is 27.2. The first-order valence-electron chi connectivity index (χ1n) is 16.5. The molecule has 3 aromatic rings. The summed E-state index contributed by atoms with van der Waals surface area (Å²) in [7, 11) is 2.31. The van der Waals surface area contributed by atoms with Crippen LogP contribution < -0.4 is 14.6 Å². The number of carbonyl (C=O) groups is 4. The minimum absolute atomic E-state index is 0.00933. The quantitative estimate of drug-likeness (QED) is 0.0684. The summed E-state index contributed by atoms with van der Waals surface area (Å²) in [5.41, 5.74) is -2.97. The highest BCUT2D eigenvalue weighted by Gasteiger charge is 2.76. The van der Waals surface area contributed by atoms with Gasteiger partial charge in [0.2, 0.25) is 5.82 Å². The summed E-state index contributed by atoms with van der Waals surface area (Å²) in [6, 6.07) is 5.41. The van der Waals surface area contributed by atoms with Gasteiger partial charge in [0.05, 0.1) is 24.0 Å². The van der Waals surface area contributed by atoms with Gasteiger partial charge in [-0.25, -0.2) is 31.8 Å². The van der Waals surface area contributed by atoms with Crippen molar-refractivity contribution in [3.63, 3.8) is 0 Å². The Balaban J connectivity index is 1.37. The first-order chi connectivity index (χ1) is 26.6. The second kappa shape index (κ2) is 13.6. The number of allylic oxidation sites excluding steroid dienone is 3. The molecule has 57 heavy (non-hydrogen) atoms. The number of phenols is 1. The van der Waals surface area contributed by atoms with Crippen LogP contribution in [0, 0.1) is 52.8 Å². The van der Waals surface area contributed by atoms with Crippen molar-refractivity contribution in [3.8, 4) is 11.5 Å². The number of rotatable bonds is 6. The summed E-state index contributed by atoms with van der Waals surface area (Å²) in [4.78, 5) is 54.5. The summed E-state index contributed by atoms with van der Waals surface area (Å²) in [6.45, 7) is 0. The third-order valence-electron chi connectivity index (χ3n) is 10.7. The van der Waals surface area contributed by atoms with Crippen LogP contribution in [-0.4, -0.2) is 62.6 Å². The molecular weight excluding hydrogens is 843 g/mol. The zero-order valence-electron chi connectivity index (χ0n) is 28.8. The molecule has 0 bridgehead atoms. The number of hydrogen-bond acceptors (Lipinski definition) is 8. The number of nitrogens with zero attached hydrogens (tertiary/aromatic N) is 4. The average Bonchev–Trinajstić information content (AvgIpc) is 3.50. The average molecular weight is 866 g/mol. The first-order valence-corrected chi connectivity index (χ1v) is 17.6. The minimum atomic E-state index is -4.94. The lowest BCUT2D eigenvalue weighted by Crippen LogP contribution is -2.60. The van der Waals surface area contributed by atoms with Crippen LogP contribution >= 0.6 is 34.8 Å². The molecule has 2 saturated heterocycles. The maximum absolute atomic E-state index is 15.3. The van der Waals surface area contributed by atoms with Crippen molar-refractivity contribution < 1.29 is 64.1 Å². The Hall–Kier alpha value is -4.94. The fourth-order valence-corrected chi connectivity index (χ4v) is 9.13. The number of carbonyl (C=O) groups excluding carboxylic acids is 4. The predicted octanol–water partition coefficient (Wildman–Crippen LogP) is 7.32. The Labute approximate surface area is 330 Å². The van der Waals surface area contributed by atoms with Gasteiger partial charge in [-0.15, -0.1) is 23.2 Å². The Kier molecular flexibility index (Phi) is 9.59. The molecule has 1 aromatic heterocycles. The number of alkyl halides is 5. The summed E-state index contributed by atoms with van der Waals surface area (Å²) in [6.07, 6.45) is -2.04. The maximum Gasteiger partial charge on any atom is 0.433 e. The molecule has 1 N–H and O–H groups in total. The van der Waals surface area contributed by atoms with E-state index in [1.165, 1.54) is 43.5 Å². The van der Waals surface area contributed by atoms with Crippen LogP contribution in [0.5, 0.6) is 11.5 Å². The van der Waals surface area contributed by atoms with Gasteiger partial charge in [-0.1, -0.05) is 41.5 Å². The lowest BCUT2D eigenvalue weighted by molar-refractivity contribution is -0.141. The van der Waals surface area contributed by atoms with E-state index in [0.29, 0.717) is 11.1 Å². The number of aromatic nitrogens is 1. The summed E-state index contributed by atoms with van der Waals surface area (Å²) >= 11 is 20.3. The summed E-state index contributed by atoms with van der Waals surface area (Å²) in [5, 5.41) is 10.9. The van der Waals surface area contributed by atoms with Gasteiger partial charge in [0, 0.05) is 13.0 Å². The van der Waals surface area contributed by atoms with E-state index in [1.54, 1.807) is 0 Å². The van der Waals surface area contributed by atoms with Crippen molar-refractivity contribution in [2.45, 2.75) is 28.8 Å². The van der Waals surface area contributed by atoms with Gasteiger partial charge in [-0.3, -0.25) is 24.2 Å². The number of pyridine rings is 1. The van der Waals surface area contributed by atoms with Gasteiger partial charge in [-0.05, 0) is 48.6 Å². The number of ether oxygens (including phenoxy) is 1. The molecule has 2 aromatic carbocycles. The first kappa shape index (κ1) is 40.3. The van der Waals surface area contributed by atoms with Crippen molar-refractivity contribution >= 4 is 76.0 Å². The Morgan fingerprint density at radius 1 is 0.930 bits per heavy atom. The minimum Gasteiger partial charge on any atom is -0.504 e. The van der Waals surface area contributed by atoms with Crippen LogP contribution in [0.25, 0.3) is 6.08 Å². The van der Waals surface area contributed by atoms with Crippen molar-refractivity contribution in [3.05, 3.63) is 93.4 Å². The van der Waals surface area contributed by atoms with E-state index in [0.717, 1.165) is 18.1 Å². The molecule has 300 valence electrons. The van der Waals surface area contributed by atoms with Crippen molar-refractivity contribution in [2.75, 3.05) is 24.1 Å². The zero-order chi connectivity index (χ0) is 41.8. The van der Waals surface area contributed by atoms with Gasteiger partial charge in [0.1, 0.15) is 11.4 Å². The molecule has 1 saturated carbocycles. The number of anilines is 2. The second-order valence-electron chi connectivity index (χ2n) is 13.5. The van der Waals surface area contributed by atoms with Crippen LogP contribution in [0.4, 0.5) is 46.6 Å². The smallest absolute Gasteiger partial charge is 0.433 e. The van der Waals surface area contributed by atoms with Crippen LogP contribution in [0.3, 0.4) is 0 Å². The van der Waals surface area contributed by atoms with Crippen molar-refractivity contribution in [1.29, 1.82) is 0 Å². The second-order valence-corrected chi connectivity index (χ2v) is 15.2. The molecule has 3 fully saturated rings. The molecule has 0 unspecified atom stereocenters. The van der Waals surface area contributed by atoms with Gasteiger partial charge < -0.3 is 9.84 Å². The predicted molar refractivity (Wildman–Crippen MR) is 185 cm³/mol. The Morgan fingerprint density at radius 3 is 2.18 bits per heavy atom. The third kappa shape index (κ3) is 5.68. The lowest BCUT2D eigenvalue weighted by Gasteiger charge is -2.49. The topological polar surface area (TPSA) is 120 Å². The number of imide groups is 2. The van der Waals surface area contributed by atoms with E-state index in [4.69, 9.17) is 39.5 Å². The fraction of sp³-hybridized carbons (Fsp3) is 0.306. The number of amides is 4. The number of hydrazine groups is 1. The molecule has 7 rings (SSSR count). The van der Waals surface area contributed by atoms with Crippen molar-refractivity contribution in [2.24, 2.45) is 23.7 Å². The third-order valence-corrected chi connectivity index (χ3v) is 12.4. The molecule has 3 heterocycles. The van der Waals surface area contributed by atoms with E-state index in [-0.39, 0.29) is 39.0 Å². The molecule has 0 spiro atoms. The highest BCUT2D eigenvalue weighted by Crippen LogP contribution is 2.64. The fourth-order valence-electron chi connectivity index (χ4n) is 8.01. The van der Waals surface area contributed by atoms with E-state index in [1.807, 2.05) is 0 Å². The highest BCUT2D eigenvalue weighted by atomic mass is 35.5.